The number of carbonyl (C=O) groups is 1. The maximum absolute atomic E-state index is 13.3. The first kappa shape index (κ1) is 26.1. The number of ether oxygens (including phenoxy) is 4. The zero-order valence-corrected chi connectivity index (χ0v) is 22.6. The van der Waals surface area contributed by atoms with Gasteiger partial charge in [-0.3, -0.25) is 4.79 Å². The van der Waals surface area contributed by atoms with Gasteiger partial charge in [-0.1, -0.05) is 31.1 Å². The molecule has 10 heteroatoms. The smallest absolute Gasteiger partial charge is 0.258 e. The lowest BCUT2D eigenvalue weighted by molar-refractivity contribution is 0.0590. The van der Waals surface area contributed by atoms with E-state index in [-0.39, 0.29) is 11.7 Å². The fraction of sp³-hybridized carbons (Fsp3) is 0.423. The highest BCUT2D eigenvalue weighted by Gasteiger charge is 2.29. The number of anilines is 1. The lowest BCUT2D eigenvalue weighted by Gasteiger charge is -2.39. The van der Waals surface area contributed by atoms with Crippen LogP contribution in [0.2, 0.25) is 0 Å². The summed E-state index contributed by atoms with van der Waals surface area (Å²) in [7, 11) is 4.57. The van der Waals surface area contributed by atoms with E-state index >= 15 is 0 Å². The average Bonchev–Trinajstić information content (AvgIpc) is 3.40. The minimum Gasteiger partial charge on any atom is -0.495 e. The quantitative estimate of drug-likeness (QED) is 0.337. The van der Waals surface area contributed by atoms with Crippen LogP contribution in [0.15, 0.2) is 45.4 Å². The molecule has 1 aromatic heterocycles. The molecule has 1 aliphatic rings. The zero-order chi connectivity index (χ0) is 25.8. The third-order valence-electron chi connectivity index (χ3n) is 6.28. The van der Waals surface area contributed by atoms with Crippen molar-refractivity contribution in [1.29, 1.82) is 0 Å². The molecule has 9 nitrogen and oxygen atoms in total. The summed E-state index contributed by atoms with van der Waals surface area (Å²) in [6, 6.07) is 11.6. The molecule has 0 aliphatic carbocycles. The number of halogens is 1. The highest BCUT2D eigenvalue weighted by molar-refractivity contribution is 9.10. The number of benzene rings is 2. The second kappa shape index (κ2) is 11.4. The van der Waals surface area contributed by atoms with Gasteiger partial charge >= 0.3 is 0 Å². The number of rotatable bonds is 9. The van der Waals surface area contributed by atoms with Crippen LogP contribution in [-0.2, 0) is 9.47 Å². The summed E-state index contributed by atoms with van der Waals surface area (Å²) in [5.41, 5.74) is 2.35. The minimum atomic E-state index is -0.871. The first-order chi connectivity index (χ1) is 17.4. The van der Waals surface area contributed by atoms with Crippen LogP contribution in [0, 0.1) is 5.92 Å². The van der Waals surface area contributed by atoms with Crippen LogP contribution >= 0.6 is 15.9 Å². The molecule has 0 saturated carbocycles. The van der Waals surface area contributed by atoms with E-state index in [9.17, 15) is 4.79 Å². The van der Waals surface area contributed by atoms with Crippen molar-refractivity contribution in [3.05, 3.63) is 52.3 Å². The fourth-order valence-corrected chi connectivity index (χ4v) is 4.83. The SMILES string of the molecule is COc1cc(-c2nc(C(=O)C(OC)c3ccc(N4CCOCC4C(C)C)cc3)no2)cc(OC)c1Br. The van der Waals surface area contributed by atoms with Gasteiger partial charge in [-0.15, -0.1) is 0 Å². The van der Waals surface area contributed by atoms with Crippen molar-refractivity contribution >= 4 is 27.4 Å². The van der Waals surface area contributed by atoms with Crippen molar-refractivity contribution < 1.29 is 28.3 Å². The van der Waals surface area contributed by atoms with Crippen LogP contribution in [0.5, 0.6) is 11.5 Å². The number of ketones is 1. The Bertz CT molecular complexity index is 1170. The van der Waals surface area contributed by atoms with E-state index in [1.54, 1.807) is 26.4 Å². The molecule has 36 heavy (non-hydrogen) atoms. The molecule has 1 aliphatic heterocycles. The number of Topliss-reactive ketones (excluding diaryl/α,β-unsaturated/α-hetero) is 1. The third-order valence-corrected chi connectivity index (χ3v) is 7.06. The summed E-state index contributed by atoms with van der Waals surface area (Å²) in [4.78, 5) is 19.9. The van der Waals surface area contributed by atoms with Gasteiger partial charge in [-0.2, -0.15) is 4.98 Å². The molecule has 0 bridgehead atoms. The summed E-state index contributed by atoms with van der Waals surface area (Å²) in [6.45, 7) is 6.61. The van der Waals surface area contributed by atoms with Crippen LogP contribution in [0.4, 0.5) is 5.69 Å². The number of aromatic nitrogens is 2. The van der Waals surface area contributed by atoms with Gasteiger partial charge in [0, 0.05) is 24.9 Å². The predicted molar refractivity (Wildman–Crippen MR) is 138 cm³/mol. The molecule has 2 unspecified atom stereocenters. The average molecular weight is 560 g/mol. The third kappa shape index (κ3) is 5.25. The van der Waals surface area contributed by atoms with Gasteiger partial charge in [0.1, 0.15) is 22.1 Å². The summed E-state index contributed by atoms with van der Waals surface area (Å²) < 4.78 is 28.0. The second-order valence-corrected chi connectivity index (χ2v) is 9.56. The zero-order valence-electron chi connectivity index (χ0n) is 21.0. The van der Waals surface area contributed by atoms with Gasteiger partial charge < -0.3 is 28.4 Å². The van der Waals surface area contributed by atoms with Crippen molar-refractivity contribution in [1.82, 2.24) is 10.1 Å². The maximum Gasteiger partial charge on any atom is 0.258 e. The van der Waals surface area contributed by atoms with Crippen LogP contribution in [-0.4, -0.2) is 63.1 Å². The van der Waals surface area contributed by atoms with E-state index in [4.69, 9.17) is 23.5 Å². The Morgan fingerprint density at radius 2 is 1.78 bits per heavy atom. The van der Waals surface area contributed by atoms with Gasteiger partial charge in [-0.05, 0) is 51.7 Å². The largest absolute Gasteiger partial charge is 0.495 e. The van der Waals surface area contributed by atoms with Gasteiger partial charge in [0.2, 0.25) is 11.6 Å². The molecule has 2 heterocycles. The monoisotopic (exact) mass is 559 g/mol. The van der Waals surface area contributed by atoms with Gasteiger partial charge in [0.05, 0.1) is 33.5 Å². The summed E-state index contributed by atoms with van der Waals surface area (Å²) in [5.74, 6) is 1.21. The summed E-state index contributed by atoms with van der Waals surface area (Å²) in [5, 5.41) is 3.91. The second-order valence-electron chi connectivity index (χ2n) is 8.77. The van der Waals surface area contributed by atoms with Crippen molar-refractivity contribution in [2.45, 2.75) is 26.0 Å². The van der Waals surface area contributed by atoms with E-state index in [0.717, 1.165) is 12.2 Å². The first-order valence-corrected chi connectivity index (χ1v) is 12.4. The molecule has 4 rings (SSSR count). The lowest BCUT2D eigenvalue weighted by atomic mass is 10.00. The number of hydrogen-bond donors (Lipinski definition) is 0. The molecule has 0 N–H and O–H groups in total. The first-order valence-electron chi connectivity index (χ1n) is 11.6. The van der Waals surface area contributed by atoms with Gasteiger partial charge in [0.25, 0.3) is 5.89 Å². The Hall–Kier alpha value is -2.95. The van der Waals surface area contributed by atoms with Crippen molar-refractivity contribution in [2.24, 2.45) is 5.92 Å². The molecule has 1 fully saturated rings. The number of carbonyl (C=O) groups excluding carboxylic acids is 1. The summed E-state index contributed by atoms with van der Waals surface area (Å²) in [6.07, 6.45) is -0.871. The molecule has 192 valence electrons. The number of morpholine rings is 1. The Labute approximate surface area is 218 Å². The van der Waals surface area contributed by atoms with Crippen molar-refractivity contribution in [2.75, 3.05) is 46.0 Å². The van der Waals surface area contributed by atoms with E-state index in [0.29, 0.717) is 52.3 Å². The van der Waals surface area contributed by atoms with Gasteiger partial charge in [0.15, 0.2) is 0 Å². The standard InChI is InChI=1S/C26H30BrN3O6/c1-15(2)19-14-35-11-10-30(19)18-8-6-16(7-9-18)24(34-5)23(31)25-28-26(36-29-25)17-12-20(32-3)22(27)21(13-17)33-4/h6-9,12-13,15,19,24H,10-11,14H2,1-5H3. The highest BCUT2D eigenvalue weighted by Crippen LogP contribution is 2.38. The molecule has 2 aromatic carbocycles. The van der Waals surface area contributed by atoms with E-state index in [1.165, 1.54) is 7.11 Å². The van der Waals surface area contributed by atoms with Crippen LogP contribution in [0.3, 0.4) is 0 Å². The topological polar surface area (TPSA) is 96.2 Å². The molecule has 1 saturated heterocycles. The molecule has 0 amide bonds. The molecule has 0 radical (unpaired) electrons. The molecule has 0 spiro atoms. The number of hydrogen-bond acceptors (Lipinski definition) is 9. The summed E-state index contributed by atoms with van der Waals surface area (Å²) >= 11 is 3.44. The Balaban J connectivity index is 1.56. The Morgan fingerprint density at radius 1 is 1.11 bits per heavy atom. The molecule has 2 atom stereocenters. The molecule has 3 aromatic rings. The van der Waals surface area contributed by atoms with Crippen molar-refractivity contribution in [3.8, 4) is 23.0 Å². The van der Waals surface area contributed by atoms with E-state index < -0.39 is 11.9 Å². The normalized spacial score (nSPS) is 16.8. The van der Waals surface area contributed by atoms with Crippen molar-refractivity contribution in [3.63, 3.8) is 0 Å². The van der Waals surface area contributed by atoms with Crippen LogP contribution < -0.4 is 14.4 Å². The Kier molecular flexibility index (Phi) is 8.28. The Morgan fingerprint density at radius 3 is 2.36 bits per heavy atom. The number of methoxy groups -OCH3 is 3. The fourth-order valence-electron chi connectivity index (χ4n) is 4.28. The van der Waals surface area contributed by atoms with Crippen LogP contribution in [0.1, 0.15) is 36.1 Å². The maximum atomic E-state index is 13.3. The van der Waals surface area contributed by atoms with E-state index in [2.05, 4.69) is 44.8 Å². The van der Waals surface area contributed by atoms with Gasteiger partial charge in [-0.25, -0.2) is 0 Å². The van der Waals surface area contributed by atoms with Crippen LogP contribution in [0.25, 0.3) is 11.5 Å². The number of nitrogens with zero attached hydrogens (tertiary/aromatic N) is 3. The molecular weight excluding hydrogens is 530 g/mol. The minimum absolute atomic E-state index is 0.0742. The van der Waals surface area contributed by atoms with E-state index in [1.807, 2.05) is 24.3 Å². The lowest BCUT2D eigenvalue weighted by Crippen LogP contribution is -2.48. The molecular formula is C26H30BrN3O6. The predicted octanol–water partition coefficient (Wildman–Crippen LogP) is 4.95. The highest BCUT2D eigenvalue weighted by atomic mass is 79.9.